The zero-order chi connectivity index (χ0) is 13.9. The summed E-state index contributed by atoms with van der Waals surface area (Å²) < 4.78 is 10.5. The summed E-state index contributed by atoms with van der Waals surface area (Å²) in [4.78, 5) is 5.32. The second-order valence-corrected chi connectivity index (χ2v) is 6.57. The van der Waals surface area contributed by atoms with Gasteiger partial charge >= 0.3 is 0 Å². The Balaban J connectivity index is 1.61. The fraction of sp³-hybridized carbons (Fsp3) is 0.308. The van der Waals surface area contributed by atoms with Crippen LogP contribution in [0.1, 0.15) is 29.6 Å². The fourth-order valence-corrected chi connectivity index (χ4v) is 3.14. The van der Waals surface area contributed by atoms with Crippen molar-refractivity contribution in [1.82, 2.24) is 15.3 Å². The van der Waals surface area contributed by atoms with Crippen LogP contribution in [0.4, 0.5) is 0 Å². The van der Waals surface area contributed by atoms with Crippen LogP contribution in [0.3, 0.4) is 0 Å². The highest BCUT2D eigenvalue weighted by Gasteiger charge is 2.15. The predicted octanol–water partition coefficient (Wildman–Crippen LogP) is 4.09. The first-order chi connectivity index (χ1) is 9.72. The van der Waals surface area contributed by atoms with Gasteiger partial charge in [-0.1, -0.05) is 16.4 Å². The lowest BCUT2D eigenvalue weighted by Gasteiger charge is -2.03. The second kappa shape index (κ2) is 5.80. The molecule has 0 aromatic carbocycles. The first-order valence-corrected chi connectivity index (χ1v) is 8.06. The lowest BCUT2D eigenvalue weighted by molar-refractivity contribution is 0.376. The molecule has 104 valence electrons. The molecule has 0 saturated heterocycles. The second-order valence-electron chi connectivity index (χ2n) is 4.29. The van der Waals surface area contributed by atoms with Gasteiger partial charge in [0, 0.05) is 11.8 Å². The first-order valence-electron chi connectivity index (χ1n) is 6.13. The van der Waals surface area contributed by atoms with Gasteiger partial charge in [0.1, 0.15) is 0 Å². The van der Waals surface area contributed by atoms with E-state index in [1.54, 1.807) is 23.1 Å². The number of hydrogen-bond donors (Lipinski definition) is 0. The van der Waals surface area contributed by atoms with E-state index in [1.165, 1.54) is 0 Å². The third kappa shape index (κ3) is 2.94. The third-order valence-electron chi connectivity index (χ3n) is 2.70. The number of nitrogens with zero attached hydrogens (tertiary/aromatic N) is 3. The van der Waals surface area contributed by atoms with Crippen molar-refractivity contribution in [2.45, 2.75) is 24.9 Å². The standard InChI is InChI=1S/C13H13N3O2S2/c1-8(13-14-9(2)15-18-13)20-7-10-6-11(17-16-10)12-4-3-5-19-12/h3-6,8H,7H2,1-2H3/t8-/m0/s1. The average Bonchev–Trinajstić information content (AvgIpc) is 3.16. The van der Waals surface area contributed by atoms with Gasteiger partial charge in [-0.25, -0.2) is 0 Å². The molecule has 5 nitrogen and oxygen atoms in total. The molecule has 3 heterocycles. The van der Waals surface area contributed by atoms with Crippen LogP contribution in [0.25, 0.3) is 10.6 Å². The van der Waals surface area contributed by atoms with Gasteiger partial charge in [-0.15, -0.1) is 23.1 Å². The molecule has 0 aliphatic carbocycles. The summed E-state index contributed by atoms with van der Waals surface area (Å²) in [7, 11) is 0. The summed E-state index contributed by atoms with van der Waals surface area (Å²) in [5.41, 5.74) is 0.918. The number of hydrogen-bond acceptors (Lipinski definition) is 7. The summed E-state index contributed by atoms with van der Waals surface area (Å²) in [6.45, 7) is 3.85. The highest BCUT2D eigenvalue weighted by Crippen LogP contribution is 2.31. The molecule has 0 N–H and O–H groups in total. The molecule has 3 aromatic heterocycles. The molecule has 0 amide bonds. The van der Waals surface area contributed by atoms with Crippen LogP contribution in [0.5, 0.6) is 0 Å². The van der Waals surface area contributed by atoms with Crippen LogP contribution in [0.15, 0.2) is 32.6 Å². The Morgan fingerprint density at radius 2 is 2.25 bits per heavy atom. The average molecular weight is 307 g/mol. The Hall–Kier alpha value is -1.60. The number of thioether (sulfide) groups is 1. The van der Waals surface area contributed by atoms with E-state index in [1.807, 2.05) is 37.4 Å². The van der Waals surface area contributed by atoms with Crippen molar-refractivity contribution in [3.63, 3.8) is 0 Å². The molecule has 20 heavy (non-hydrogen) atoms. The molecule has 3 aromatic rings. The lowest BCUT2D eigenvalue weighted by atomic mass is 10.3. The summed E-state index contributed by atoms with van der Waals surface area (Å²) in [5, 5.41) is 10.0. The van der Waals surface area contributed by atoms with Crippen LogP contribution in [0.2, 0.25) is 0 Å². The molecule has 0 aliphatic rings. The molecule has 0 spiro atoms. The molecule has 7 heteroatoms. The van der Waals surface area contributed by atoms with E-state index in [0.29, 0.717) is 11.7 Å². The van der Waals surface area contributed by atoms with Crippen LogP contribution >= 0.6 is 23.1 Å². The molecular weight excluding hydrogens is 294 g/mol. The van der Waals surface area contributed by atoms with Gasteiger partial charge in [0.2, 0.25) is 5.89 Å². The maximum Gasteiger partial charge on any atom is 0.239 e. The minimum absolute atomic E-state index is 0.137. The number of thiophene rings is 1. The van der Waals surface area contributed by atoms with E-state index in [4.69, 9.17) is 9.05 Å². The van der Waals surface area contributed by atoms with E-state index in [9.17, 15) is 0 Å². The number of aromatic nitrogens is 3. The van der Waals surface area contributed by atoms with Crippen molar-refractivity contribution in [3.8, 4) is 10.6 Å². The Kier molecular flexibility index (Phi) is 3.88. The van der Waals surface area contributed by atoms with Crippen molar-refractivity contribution < 1.29 is 9.05 Å². The summed E-state index contributed by atoms with van der Waals surface area (Å²) in [5.74, 6) is 2.87. The number of rotatable bonds is 5. The highest BCUT2D eigenvalue weighted by atomic mass is 32.2. The topological polar surface area (TPSA) is 65.0 Å². The maximum absolute atomic E-state index is 5.35. The van der Waals surface area contributed by atoms with Gasteiger partial charge in [0.15, 0.2) is 11.6 Å². The maximum atomic E-state index is 5.35. The van der Waals surface area contributed by atoms with Crippen molar-refractivity contribution in [2.75, 3.05) is 0 Å². The minimum atomic E-state index is 0.137. The normalized spacial score (nSPS) is 12.7. The molecule has 1 atom stereocenters. The van der Waals surface area contributed by atoms with E-state index in [0.717, 1.165) is 22.1 Å². The molecule has 0 bridgehead atoms. The Morgan fingerprint density at radius 1 is 1.35 bits per heavy atom. The third-order valence-corrected chi connectivity index (χ3v) is 4.74. The van der Waals surface area contributed by atoms with Gasteiger partial charge in [0.05, 0.1) is 15.8 Å². The Bertz CT molecular complexity index is 675. The van der Waals surface area contributed by atoms with Crippen molar-refractivity contribution >= 4 is 23.1 Å². The first kappa shape index (κ1) is 13.4. The molecule has 3 rings (SSSR count). The zero-order valence-corrected chi connectivity index (χ0v) is 12.7. The predicted molar refractivity (Wildman–Crippen MR) is 78.6 cm³/mol. The van der Waals surface area contributed by atoms with Gasteiger partial charge < -0.3 is 9.05 Å². The molecular formula is C13H13N3O2S2. The van der Waals surface area contributed by atoms with E-state index >= 15 is 0 Å². The van der Waals surface area contributed by atoms with Crippen LogP contribution < -0.4 is 0 Å². The van der Waals surface area contributed by atoms with E-state index < -0.39 is 0 Å². The molecule has 0 radical (unpaired) electrons. The molecule has 0 aliphatic heterocycles. The molecule has 0 saturated carbocycles. The zero-order valence-electron chi connectivity index (χ0n) is 11.1. The summed E-state index contributed by atoms with van der Waals surface area (Å²) in [6, 6.07) is 5.99. The lowest BCUT2D eigenvalue weighted by Crippen LogP contribution is -1.90. The monoisotopic (exact) mass is 307 g/mol. The van der Waals surface area contributed by atoms with Crippen molar-refractivity contribution in [2.24, 2.45) is 0 Å². The van der Waals surface area contributed by atoms with Gasteiger partial charge in [-0.3, -0.25) is 0 Å². The van der Waals surface area contributed by atoms with E-state index in [-0.39, 0.29) is 5.25 Å². The largest absolute Gasteiger partial charge is 0.355 e. The van der Waals surface area contributed by atoms with Gasteiger partial charge in [0.25, 0.3) is 0 Å². The van der Waals surface area contributed by atoms with Crippen LogP contribution in [-0.2, 0) is 5.75 Å². The SMILES string of the molecule is Cc1noc([C@H](C)SCc2cc(-c3cccs3)on2)n1. The molecule has 0 fully saturated rings. The van der Waals surface area contributed by atoms with Crippen LogP contribution in [0, 0.1) is 6.92 Å². The Labute approximate surface area is 124 Å². The van der Waals surface area contributed by atoms with Crippen LogP contribution in [-0.4, -0.2) is 15.3 Å². The van der Waals surface area contributed by atoms with Crippen molar-refractivity contribution in [1.29, 1.82) is 0 Å². The minimum Gasteiger partial charge on any atom is -0.355 e. The van der Waals surface area contributed by atoms with E-state index in [2.05, 4.69) is 15.3 Å². The van der Waals surface area contributed by atoms with Crippen molar-refractivity contribution in [3.05, 3.63) is 41.0 Å². The van der Waals surface area contributed by atoms with Gasteiger partial charge in [-0.05, 0) is 25.3 Å². The highest BCUT2D eigenvalue weighted by molar-refractivity contribution is 7.98. The smallest absolute Gasteiger partial charge is 0.239 e. The fourth-order valence-electron chi connectivity index (χ4n) is 1.67. The Morgan fingerprint density at radius 3 is 2.95 bits per heavy atom. The quantitative estimate of drug-likeness (QED) is 0.707. The number of aryl methyl sites for hydroxylation is 1. The summed E-state index contributed by atoms with van der Waals surface area (Å²) in [6.07, 6.45) is 0. The summed E-state index contributed by atoms with van der Waals surface area (Å²) >= 11 is 3.33. The van der Waals surface area contributed by atoms with Gasteiger partial charge in [-0.2, -0.15) is 4.98 Å². The molecule has 0 unspecified atom stereocenters.